The van der Waals surface area contributed by atoms with Crippen LogP contribution in [0.5, 0.6) is 0 Å². The van der Waals surface area contributed by atoms with Crippen molar-refractivity contribution in [3.63, 3.8) is 0 Å². The lowest BCUT2D eigenvalue weighted by Crippen LogP contribution is -2.42. The highest BCUT2D eigenvalue weighted by Crippen LogP contribution is 2.45. The molecule has 2 aromatic rings. The molecular weight excluding hydrogens is 418 g/mol. The highest BCUT2D eigenvalue weighted by atomic mass is 79.9. The molecule has 5 nitrogen and oxygen atoms in total. The summed E-state index contributed by atoms with van der Waals surface area (Å²) in [6.07, 6.45) is 2.82. The van der Waals surface area contributed by atoms with E-state index in [-0.39, 0.29) is 30.1 Å². The smallest absolute Gasteiger partial charge is 0.256 e. The number of aliphatic hydroxyl groups is 1. The molecule has 2 heterocycles. The summed E-state index contributed by atoms with van der Waals surface area (Å²) in [4.78, 5) is 15.5. The minimum absolute atomic E-state index is 0.0610. The Labute approximate surface area is 173 Å². The van der Waals surface area contributed by atoms with Crippen molar-refractivity contribution in [2.24, 2.45) is 0 Å². The largest absolute Gasteiger partial charge is 0.393 e. The van der Waals surface area contributed by atoms with E-state index in [1.165, 1.54) is 0 Å². The Bertz CT molecular complexity index is 934. The van der Waals surface area contributed by atoms with Gasteiger partial charge in [0, 0.05) is 12.1 Å². The fourth-order valence-electron chi connectivity index (χ4n) is 4.64. The van der Waals surface area contributed by atoms with Gasteiger partial charge in [-0.3, -0.25) is 4.79 Å². The number of rotatable bonds is 3. The van der Waals surface area contributed by atoms with Crippen molar-refractivity contribution in [1.82, 2.24) is 9.47 Å². The molecule has 1 aromatic heterocycles. The molecule has 1 aliphatic heterocycles. The van der Waals surface area contributed by atoms with Crippen molar-refractivity contribution in [2.75, 3.05) is 0 Å². The van der Waals surface area contributed by atoms with Gasteiger partial charge in [-0.25, -0.2) is 0 Å². The van der Waals surface area contributed by atoms with Crippen LogP contribution < -0.4 is 0 Å². The number of aromatic nitrogens is 1. The topological polar surface area (TPSA) is 69.3 Å². The standard InChI is InChI=1S/C22H24BrN3O2/c1-13(2)25-19(23)11-18-21(25)20(15-5-3-14(12-24)4-6-15)26(22(18)28)16-7-9-17(27)10-8-16/h3-6,11,13,16-17,20,27H,7-10H2,1-2H3/t16-,17-,20?. The van der Waals surface area contributed by atoms with E-state index in [0.717, 1.165) is 47.1 Å². The predicted octanol–water partition coefficient (Wildman–Crippen LogP) is 4.55. The molecule has 0 spiro atoms. The quantitative estimate of drug-likeness (QED) is 0.758. The molecule has 1 unspecified atom stereocenters. The van der Waals surface area contributed by atoms with Crippen LogP contribution in [0.15, 0.2) is 34.9 Å². The van der Waals surface area contributed by atoms with E-state index in [4.69, 9.17) is 5.26 Å². The molecule has 1 amide bonds. The molecule has 1 N–H and O–H groups in total. The minimum atomic E-state index is -0.261. The molecule has 1 aromatic carbocycles. The van der Waals surface area contributed by atoms with E-state index in [1.807, 2.05) is 35.2 Å². The number of aliphatic hydroxyl groups excluding tert-OH is 1. The first-order chi connectivity index (χ1) is 13.4. The van der Waals surface area contributed by atoms with Gasteiger partial charge in [0.2, 0.25) is 0 Å². The minimum Gasteiger partial charge on any atom is -0.393 e. The number of benzene rings is 1. The van der Waals surface area contributed by atoms with E-state index in [0.29, 0.717) is 5.56 Å². The van der Waals surface area contributed by atoms with Gasteiger partial charge in [-0.05, 0) is 79.2 Å². The zero-order chi connectivity index (χ0) is 20.0. The fourth-order valence-corrected chi connectivity index (χ4v) is 5.47. The summed E-state index contributed by atoms with van der Waals surface area (Å²) in [6, 6.07) is 11.8. The van der Waals surface area contributed by atoms with Crippen LogP contribution in [0.2, 0.25) is 0 Å². The maximum atomic E-state index is 13.4. The lowest BCUT2D eigenvalue weighted by atomic mass is 9.90. The molecule has 1 aliphatic carbocycles. The van der Waals surface area contributed by atoms with Crippen LogP contribution in [-0.2, 0) is 0 Å². The Balaban J connectivity index is 1.83. The molecular formula is C22H24BrN3O2. The van der Waals surface area contributed by atoms with E-state index in [9.17, 15) is 9.90 Å². The second-order valence-electron chi connectivity index (χ2n) is 8.04. The molecule has 4 rings (SSSR count). The van der Waals surface area contributed by atoms with E-state index in [1.54, 1.807) is 0 Å². The normalized spacial score (nSPS) is 24.5. The summed E-state index contributed by atoms with van der Waals surface area (Å²) in [6.45, 7) is 4.23. The predicted molar refractivity (Wildman–Crippen MR) is 110 cm³/mol. The lowest BCUT2D eigenvalue weighted by molar-refractivity contribution is 0.0457. The van der Waals surface area contributed by atoms with Gasteiger partial charge >= 0.3 is 0 Å². The number of hydrogen-bond donors (Lipinski definition) is 1. The number of nitriles is 1. The second kappa shape index (κ2) is 7.38. The third-order valence-corrected chi connectivity index (χ3v) is 6.57. The first-order valence-corrected chi connectivity index (χ1v) is 10.6. The molecule has 0 radical (unpaired) electrons. The summed E-state index contributed by atoms with van der Waals surface area (Å²) in [5, 5.41) is 19.1. The van der Waals surface area contributed by atoms with Gasteiger partial charge in [0.1, 0.15) is 0 Å². The Kier molecular flexibility index (Phi) is 5.07. The number of carbonyl (C=O) groups excluding carboxylic acids is 1. The number of nitrogens with zero attached hydrogens (tertiary/aromatic N) is 3. The van der Waals surface area contributed by atoms with Crippen LogP contribution in [0.1, 0.15) is 78.8 Å². The number of fused-ring (bicyclic) bond motifs is 1. The number of carbonyl (C=O) groups is 1. The van der Waals surface area contributed by atoms with Gasteiger partial charge in [0.15, 0.2) is 0 Å². The Hall–Kier alpha value is -2.10. The number of amides is 1. The van der Waals surface area contributed by atoms with Gasteiger partial charge < -0.3 is 14.6 Å². The summed E-state index contributed by atoms with van der Waals surface area (Å²) in [7, 11) is 0. The molecule has 28 heavy (non-hydrogen) atoms. The van der Waals surface area contributed by atoms with Crippen LogP contribution in [-0.4, -0.2) is 32.6 Å². The molecule has 0 bridgehead atoms. The van der Waals surface area contributed by atoms with Crippen LogP contribution >= 0.6 is 15.9 Å². The van der Waals surface area contributed by atoms with Gasteiger partial charge in [0.25, 0.3) is 5.91 Å². The molecule has 146 valence electrons. The van der Waals surface area contributed by atoms with Crippen LogP contribution in [0.3, 0.4) is 0 Å². The highest BCUT2D eigenvalue weighted by molar-refractivity contribution is 9.10. The van der Waals surface area contributed by atoms with E-state index in [2.05, 4.69) is 40.4 Å². The summed E-state index contributed by atoms with van der Waals surface area (Å²) >= 11 is 3.63. The SMILES string of the molecule is CC(C)n1c(Br)cc2c1C(c1ccc(C#N)cc1)N([C@H]1CC[C@H](O)CC1)C2=O. The van der Waals surface area contributed by atoms with Gasteiger partial charge in [-0.15, -0.1) is 0 Å². The van der Waals surface area contributed by atoms with Crippen LogP contribution in [0, 0.1) is 11.3 Å². The monoisotopic (exact) mass is 441 g/mol. The average molecular weight is 442 g/mol. The first-order valence-electron chi connectivity index (χ1n) is 9.83. The van der Waals surface area contributed by atoms with Gasteiger partial charge in [0.05, 0.1) is 39.6 Å². The molecule has 1 atom stereocenters. The highest BCUT2D eigenvalue weighted by Gasteiger charge is 2.45. The Morgan fingerprint density at radius 1 is 1.18 bits per heavy atom. The zero-order valence-corrected chi connectivity index (χ0v) is 17.7. The van der Waals surface area contributed by atoms with Crippen molar-refractivity contribution in [3.05, 3.63) is 57.3 Å². The second-order valence-corrected chi connectivity index (χ2v) is 8.85. The third kappa shape index (κ3) is 3.07. The van der Waals surface area contributed by atoms with Gasteiger partial charge in [-0.2, -0.15) is 5.26 Å². The maximum Gasteiger partial charge on any atom is 0.256 e. The maximum absolute atomic E-state index is 13.4. The summed E-state index contributed by atoms with van der Waals surface area (Å²) in [5.74, 6) is 0.0610. The van der Waals surface area contributed by atoms with Crippen molar-refractivity contribution in [1.29, 1.82) is 5.26 Å². The zero-order valence-electron chi connectivity index (χ0n) is 16.1. The van der Waals surface area contributed by atoms with Crippen molar-refractivity contribution in [3.8, 4) is 6.07 Å². The van der Waals surface area contributed by atoms with Crippen LogP contribution in [0.4, 0.5) is 0 Å². The van der Waals surface area contributed by atoms with Crippen molar-refractivity contribution < 1.29 is 9.90 Å². The Morgan fingerprint density at radius 3 is 2.39 bits per heavy atom. The Morgan fingerprint density at radius 2 is 1.82 bits per heavy atom. The van der Waals surface area contributed by atoms with E-state index >= 15 is 0 Å². The fraction of sp³-hybridized carbons (Fsp3) is 0.455. The van der Waals surface area contributed by atoms with Gasteiger partial charge in [-0.1, -0.05) is 12.1 Å². The molecule has 1 saturated carbocycles. The van der Waals surface area contributed by atoms with E-state index < -0.39 is 0 Å². The summed E-state index contributed by atoms with van der Waals surface area (Å²) in [5.41, 5.74) is 3.40. The number of hydrogen-bond acceptors (Lipinski definition) is 3. The molecule has 1 fully saturated rings. The molecule has 2 aliphatic rings. The van der Waals surface area contributed by atoms with Crippen LogP contribution in [0.25, 0.3) is 0 Å². The molecule has 6 heteroatoms. The average Bonchev–Trinajstić information content (AvgIpc) is 3.16. The lowest BCUT2D eigenvalue weighted by Gasteiger charge is -2.38. The summed E-state index contributed by atoms with van der Waals surface area (Å²) < 4.78 is 3.10. The number of halogens is 1. The first kappa shape index (κ1) is 19.2. The molecule has 0 saturated heterocycles. The third-order valence-electron chi connectivity index (χ3n) is 5.96. The van der Waals surface area contributed by atoms with Crippen molar-refractivity contribution >= 4 is 21.8 Å². The van der Waals surface area contributed by atoms with Crippen molar-refractivity contribution in [2.45, 2.75) is 63.8 Å².